The van der Waals surface area contributed by atoms with E-state index < -0.39 is 27.9 Å². The lowest BCUT2D eigenvalue weighted by Gasteiger charge is -2.17. The smallest absolute Gasteiger partial charge is 0.322 e. The van der Waals surface area contributed by atoms with Crippen molar-refractivity contribution in [2.24, 2.45) is 0 Å². The van der Waals surface area contributed by atoms with Crippen LogP contribution < -0.4 is 5.32 Å². The summed E-state index contributed by atoms with van der Waals surface area (Å²) in [5.74, 6) is -1.37. The average molecular weight is 338 g/mol. The van der Waals surface area contributed by atoms with Crippen molar-refractivity contribution in [2.75, 3.05) is 16.9 Å². The van der Waals surface area contributed by atoms with E-state index in [-0.39, 0.29) is 21.1 Å². The van der Waals surface area contributed by atoms with E-state index in [1.807, 2.05) is 0 Å². The van der Waals surface area contributed by atoms with Gasteiger partial charge in [-0.15, -0.1) is 22.0 Å². The summed E-state index contributed by atoms with van der Waals surface area (Å²) in [5, 5.41) is 18.4. The second kappa shape index (κ2) is 5.63. The van der Waals surface area contributed by atoms with Gasteiger partial charge in [0.25, 0.3) is 10.0 Å². The minimum Gasteiger partial charge on any atom is -0.480 e. The molecule has 2 rings (SSSR count). The van der Waals surface area contributed by atoms with Gasteiger partial charge in [-0.3, -0.25) is 9.59 Å². The Balaban J connectivity index is 2.28. The van der Waals surface area contributed by atoms with Gasteiger partial charge in [-0.2, -0.15) is 4.31 Å². The van der Waals surface area contributed by atoms with Gasteiger partial charge in [0.15, 0.2) is 0 Å². The van der Waals surface area contributed by atoms with E-state index in [2.05, 4.69) is 15.5 Å². The van der Waals surface area contributed by atoms with Crippen molar-refractivity contribution in [3.63, 3.8) is 0 Å². The van der Waals surface area contributed by atoms with Crippen LogP contribution in [0.25, 0.3) is 0 Å². The predicted octanol–water partition coefficient (Wildman–Crippen LogP) is -0.355. The molecule has 0 spiro atoms. The Bertz CT molecular complexity index is 642. The number of thioether (sulfide) groups is 1. The van der Waals surface area contributed by atoms with Crippen LogP contribution in [0.2, 0.25) is 0 Å². The largest absolute Gasteiger partial charge is 0.480 e. The standard InChI is InChI=1S/C8H10N4O5S3/c1-4(13)9-7-10-11-8(19-7)20(16,17)12-3-18-2-5(12)6(14)15/h5H,2-3H2,1H3,(H,14,15)(H,9,10,13). The molecule has 2 N–H and O–H groups in total. The number of carbonyl (C=O) groups is 2. The van der Waals surface area contributed by atoms with Gasteiger partial charge in [0.2, 0.25) is 15.4 Å². The zero-order valence-corrected chi connectivity index (χ0v) is 12.6. The molecule has 1 aliphatic rings. The van der Waals surface area contributed by atoms with Crippen molar-refractivity contribution in [1.82, 2.24) is 14.5 Å². The van der Waals surface area contributed by atoms with Crippen molar-refractivity contribution in [2.45, 2.75) is 17.3 Å². The summed E-state index contributed by atoms with van der Waals surface area (Å²) >= 11 is 1.89. The number of hydrogen-bond donors (Lipinski definition) is 2. The molecule has 1 aromatic rings. The van der Waals surface area contributed by atoms with Gasteiger partial charge in [-0.05, 0) is 0 Å². The fourth-order valence-corrected chi connectivity index (χ4v) is 5.67. The molecule has 0 aromatic carbocycles. The maximum absolute atomic E-state index is 12.3. The quantitative estimate of drug-likeness (QED) is 0.712. The molecular formula is C8H10N4O5S3. The van der Waals surface area contributed by atoms with Crippen LogP contribution in [0, 0.1) is 0 Å². The minimum atomic E-state index is -4.02. The van der Waals surface area contributed by atoms with Gasteiger partial charge in [0.05, 0.1) is 5.88 Å². The number of nitrogens with zero attached hydrogens (tertiary/aromatic N) is 3. The number of hydrogen-bond acceptors (Lipinski definition) is 8. The van der Waals surface area contributed by atoms with E-state index in [0.717, 1.165) is 4.31 Å². The molecule has 0 bridgehead atoms. The Morgan fingerprint density at radius 1 is 1.45 bits per heavy atom. The maximum Gasteiger partial charge on any atom is 0.322 e. The van der Waals surface area contributed by atoms with Crippen LogP contribution in [0.4, 0.5) is 5.13 Å². The normalized spacial score (nSPS) is 19.9. The Hall–Kier alpha value is -1.24. The predicted molar refractivity (Wildman–Crippen MR) is 72.0 cm³/mol. The summed E-state index contributed by atoms with van der Waals surface area (Å²) in [4.78, 5) is 21.9. The van der Waals surface area contributed by atoms with Crippen LogP contribution in [-0.2, 0) is 19.6 Å². The van der Waals surface area contributed by atoms with Crippen LogP contribution in [0.1, 0.15) is 6.92 Å². The first-order chi connectivity index (χ1) is 9.32. The molecule has 1 unspecified atom stereocenters. The first-order valence-electron chi connectivity index (χ1n) is 5.26. The maximum atomic E-state index is 12.3. The van der Waals surface area contributed by atoms with Crippen LogP contribution in [0.5, 0.6) is 0 Å². The number of anilines is 1. The Morgan fingerprint density at radius 2 is 2.15 bits per heavy atom. The molecule has 20 heavy (non-hydrogen) atoms. The molecule has 0 radical (unpaired) electrons. The second-order valence-corrected chi connectivity index (χ2v) is 7.84. The average Bonchev–Trinajstić information content (AvgIpc) is 2.95. The molecule has 12 heteroatoms. The second-order valence-electron chi connectivity index (χ2n) is 3.80. The zero-order chi connectivity index (χ0) is 14.9. The first kappa shape index (κ1) is 15.2. The van der Waals surface area contributed by atoms with Gasteiger partial charge < -0.3 is 10.4 Å². The van der Waals surface area contributed by atoms with Gasteiger partial charge in [0, 0.05) is 12.7 Å². The summed E-state index contributed by atoms with van der Waals surface area (Å²) in [6, 6.07) is -1.11. The van der Waals surface area contributed by atoms with Gasteiger partial charge in [-0.25, -0.2) is 8.42 Å². The van der Waals surface area contributed by atoms with Gasteiger partial charge in [-0.1, -0.05) is 11.3 Å². The number of carbonyl (C=O) groups excluding carboxylic acids is 1. The Labute approximate surface area is 122 Å². The number of carboxylic acid groups (broad SMARTS) is 1. The SMILES string of the molecule is CC(=O)Nc1nnc(S(=O)(=O)N2CSCC2C(=O)O)s1. The van der Waals surface area contributed by atoms with Gasteiger partial charge in [0.1, 0.15) is 6.04 Å². The number of amides is 1. The molecule has 110 valence electrons. The van der Waals surface area contributed by atoms with Crippen molar-refractivity contribution in [1.29, 1.82) is 0 Å². The number of carboxylic acids is 1. The van der Waals surface area contributed by atoms with Gasteiger partial charge >= 0.3 is 5.97 Å². The molecule has 9 nitrogen and oxygen atoms in total. The molecule has 1 aromatic heterocycles. The highest BCUT2D eigenvalue weighted by Crippen LogP contribution is 2.30. The van der Waals surface area contributed by atoms with E-state index in [0.29, 0.717) is 11.3 Å². The van der Waals surface area contributed by atoms with Crippen molar-refractivity contribution in [3.05, 3.63) is 0 Å². The van der Waals surface area contributed by atoms with E-state index in [9.17, 15) is 18.0 Å². The fourth-order valence-electron chi connectivity index (χ4n) is 1.47. The van der Waals surface area contributed by atoms with E-state index in [1.54, 1.807) is 0 Å². The van der Waals surface area contributed by atoms with E-state index >= 15 is 0 Å². The van der Waals surface area contributed by atoms with Crippen LogP contribution in [-0.4, -0.2) is 57.6 Å². The molecule has 1 saturated heterocycles. The summed E-state index contributed by atoms with van der Waals surface area (Å²) in [5.41, 5.74) is 0. The van der Waals surface area contributed by atoms with Crippen LogP contribution in [0.15, 0.2) is 4.34 Å². The third-order valence-corrected chi connectivity index (χ3v) is 6.56. The minimum absolute atomic E-state index is 0.0500. The number of nitrogens with one attached hydrogen (secondary N) is 1. The Morgan fingerprint density at radius 3 is 2.75 bits per heavy atom. The number of aromatic nitrogens is 2. The van der Waals surface area contributed by atoms with Crippen molar-refractivity contribution >= 4 is 50.1 Å². The summed E-state index contributed by atoms with van der Waals surface area (Å²) < 4.78 is 25.1. The molecular weight excluding hydrogens is 328 g/mol. The molecule has 1 atom stereocenters. The summed E-state index contributed by atoms with van der Waals surface area (Å²) in [6.45, 7) is 1.26. The van der Waals surface area contributed by atoms with E-state index in [1.165, 1.54) is 18.7 Å². The van der Waals surface area contributed by atoms with Crippen LogP contribution in [0.3, 0.4) is 0 Å². The number of aliphatic carboxylic acids is 1. The third-order valence-electron chi connectivity index (χ3n) is 2.35. The lowest BCUT2D eigenvalue weighted by atomic mass is 10.4. The number of sulfonamides is 1. The lowest BCUT2D eigenvalue weighted by Crippen LogP contribution is -2.41. The topological polar surface area (TPSA) is 130 Å². The highest BCUT2D eigenvalue weighted by atomic mass is 32.2. The van der Waals surface area contributed by atoms with Crippen LogP contribution >= 0.6 is 23.1 Å². The van der Waals surface area contributed by atoms with E-state index in [4.69, 9.17) is 5.11 Å². The van der Waals surface area contributed by atoms with Crippen molar-refractivity contribution < 1.29 is 23.1 Å². The summed E-state index contributed by atoms with van der Waals surface area (Å²) in [6.07, 6.45) is 0. The molecule has 1 amide bonds. The zero-order valence-electron chi connectivity index (χ0n) is 10.1. The first-order valence-corrected chi connectivity index (χ1v) is 8.67. The molecule has 0 aliphatic carbocycles. The highest BCUT2D eigenvalue weighted by Gasteiger charge is 2.41. The molecule has 1 fully saturated rings. The molecule has 1 aliphatic heterocycles. The van der Waals surface area contributed by atoms with Crippen molar-refractivity contribution in [3.8, 4) is 0 Å². The Kier molecular flexibility index (Phi) is 4.27. The summed E-state index contributed by atoms with van der Waals surface area (Å²) in [7, 11) is -4.02. The number of rotatable bonds is 4. The monoisotopic (exact) mass is 338 g/mol. The highest BCUT2D eigenvalue weighted by molar-refractivity contribution is 8.01. The molecule has 2 heterocycles. The lowest BCUT2D eigenvalue weighted by molar-refractivity contribution is -0.140. The molecule has 0 saturated carbocycles. The fraction of sp³-hybridized carbons (Fsp3) is 0.500. The third kappa shape index (κ3) is 2.92.